The van der Waals surface area contributed by atoms with Crippen molar-refractivity contribution in [3.05, 3.63) is 35.9 Å². The predicted octanol–water partition coefficient (Wildman–Crippen LogP) is 7.82. The molecule has 0 bridgehead atoms. The van der Waals surface area contributed by atoms with E-state index < -0.39 is 0 Å². The fourth-order valence-corrected chi connectivity index (χ4v) is 3.50. The molecule has 0 fully saturated rings. The first kappa shape index (κ1) is 22.5. The van der Waals surface area contributed by atoms with E-state index in [4.69, 9.17) is 11.6 Å². The standard InChI is InChI=1S/C23H40ClN/c1-2-3-4-5-6-7-8-9-10-11-12-13-17-20-23(24)25-21-22-18-15-14-16-19-22/h14-16,18-19,23,25H,2-13,17,20-21H2,1H3. The van der Waals surface area contributed by atoms with Crippen LogP contribution in [0, 0.1) is 0 Å². The molecule has 0 aliphatic rings. The predicted molar refractivity (Wildman–Crippen MR) is 113 cm³/mol. The van der Waals surface area contributed by atoms with E-state index in [1.54, 1.807) is 0 Å². The summed E-state index contributed by atoms with van der Waals surface area (Å²) in [6.07, 6.45) is 19.3. The first-order valence-electron chi connectivity index (χ1n) is 10.7. The van der Waals surface area contributed by atoms with Gasteiger partial charge in [-0.15, -0.1) is 11.6 Å². The summed E-state index contributed by atoms with van der Waals surface area (Å²) in [5.74, 6) is 0. The summed E-state index contributed by atoms with van der Waals surface area (Å²) in [6.45, 7) is 3.15. The molecule has 0 saturated heterocycles. The first-order valence-corrected chi connectivity index (χ1v) is 11.2. The molecule has 0 radical (unpaired) electrons. The lowest BCUT2D eigenvalue weighted by atomic mass is 10.0. The largest absolute Gasteiger partial charge is 0.297 e. The molecule has 2 heteroatoms. The highest BCUT2D eigenvalue weighted by atomic mass is 35.5. The fourth-order valence-electron chi connectivity index (χ4n) is 3.27. The lowest BCUT2D eigenvalue weighted by Gasteiger charge is -2.11. The third-order valence-electron chi connectivity index (χ3n) is 4.93. The molecule has 1 atom stereocenters. The highest BCUT2D eigenvalue weighted by molar-refractivity contribution is 6.20. The maximum Gasteiger partial charge on any atom is 0.0828 e. The summed E-state index contributed by atoms with van der Waals surface area (Å²) in [5.41, 5.74) is 1.41. The molecule has 0 saturated carbocycles. The van der Waals surface area contributed by atoms with Gasteiger partial charge in [0.2, 0.25) is 0 Å². The van der Waals surface area contributed by atoms with Crippen LogP contribution in [0.5, 0.6) is 0 Å². The van der Waals surface area contributed by atoms with Crippen LogP contribution in [0.2, 0.25) is 0 Å². The molecule has 0 amide bonds. The monoisotopic (exact) mass is 365 g/mol. The van der Waals surface area contributed by atoms with Crippen LogP contribution in [0.4, 0.5) is 0 Å². The van der Waals surface area contributed by atoms with Crippen molar-refractivity contribution >= 4 is 11.6 Å². The lowest BCUT2D eigenvalue weighted by Crippen LogP contribution is -2.22. The molecule has 1 aromatic rings. The summed E-state index contributed by atoms with van der Waals surface area (Å²) in [5, 5.41) is 3.41. The van der Waals surface area contributed by atoms with E-state index in [-0.39, 0.29) is 5.50 Å². The number of unbranched alkanes of at least 4 members (excludes halogenated alkanes) is 12. The smallest absolute Gasteiger partial charge is 0.0828 e. The average Bonchev–Trinajstić information content (AvgIpc) is 2.64. The quantitative estimate of drug-likeness (QED) is 0.168. The van der Waals surface area contributed by atoms with Gasteiger partial charge in [0.1, 0.15) is 0 Å². The van der Waals surface area contributed by atoms with Crippen molar-refractivity contribution in [2.45, 2.75) is 109 Å². The van der Waals surface area contributed by atoms with E-state index in [9.17, 15) is 0 Å². The van der Waals surface area contributed by atoms with Gasteiger partial charge in [-0.3, -0.25) is 5.32 Å². The molecular formula is C23H40ClN. The minimum Gasteiger partial charge on any atom is -0.297 e. The van der Waals surface area contributed by atoms with Crippen molar-refractivity contribution < 1.29 is 0 Å². The van der Waals surface area contributed by atoms with Gasteiger partial charge in [-0.2, -0.15) is 0 Å². The van der Waals surface area contributed by atoms with E-state index >= 15 is 0 Å². The van der Waals surface area contributed by atoms with Crippen molar-refractivity contribution in [1.82, 2.24) is 5.32 Å². The first-order chi connectivity index (χ1) is 12.3. The zero-order chi connectivity index (χ0) is 18.0. The lowest BCUT2D eigenvalue weighted by molar-refractivity contribution is 0.519. The molecule has 0 aliphatic carbocycles. The Morgan fingerprint density at radius 3 is 1.72 bits per heavy atom. The number of benzene rings is 1. The van der Waals surface area contributed by atoms with E-state index in [0.29, 0.717) is 0 Å². The number of halogens is 1. The number of hydrogen-bond donors (Lipinski definition) is 1. The molecule has 1 rings (SSSR count). The zero-order valence-electron chi connectivity index (χ0n) is 16.4. The topological polar surface area (TPSA) is 12.0 Å². The highest BCUT2D eigenvalue weighted by Gasteiger charge is 2.03. The second-order valence-corrected chi connectivity index (χ2v) is 7.89. The average molecular weight is 366 g/mol. The van der Waals surface area contributed by atoms with Crippen molar-refractivity contribution in [1.29, 1.82) is 0 Å². The van der Waals surface area contributed by atoms with Gasteiger partial charge >= 0.3 is 0 Å². The summed E-state index contributed by atoms with van der Waals surface area (Å²) in [7, 11) is 0. The Morgan fingerprint density at radius 1 is 0.720 bits per heavy atom. The van der Waals surface area contributed by atoms with E-state index in [1.165, 1.54) is 89.0 Å². The Balaban J connectivity index is 1.79. The second-order valence-electron chi connectivity index (χ2n) is 7.37. The molecule has 0 spiro atoms. The van der Waals surface area contributed by atoms with Crippen molar-refractivity contribution in [3.8, 4) is 0 Å². The van der Waals surface area contributed by atoms with Gasteiger partial charge < -0.3 is 0 Å². The molecule has 144 valence electrons. The van der Waals surface area contributed by atoms with E-state index in [2.05, 4.69) is 42.6 Å². The van der Waals surface area contributed by atoms with E-state index in [1.807, 2.05) is 0 Å². The van der Waals surface area contributed by atoms with Gasteiger partial charge in [0.25, 0.3) is 0 Å². The molecule has 1 nitrogen and oxygen atoms in total. The normalized spacial score (nSPS) is 12.4. The van der Waals surface area contributed by atoms with Crippen molar-refractivity contribution in [2.75, 3.05) is 0 Å². The van der Waals surface area contributed by atoms with Gasteiger partial charge in [0.05, 0.1) is 5.50 Å². The molecule has 1 aromatic carbocycles. The van der Waals surface area contributed by atoms with Gasteiger partial charge in [-0.25, -0.2) is 0 Å². The van der Waals surface area contributed by atoms with Crippen LogP contribution >= 0.6 is 11.6 Å². The molecule has 0 aromatic heterocycles. The van der Waals surface area contributed by atoms with Crippen molar-refractivity contribution in [3.63, 3.8) is 0 Å². The molecule has 1 unspecified atom stereocenters. The van der Waals surface area contributed by atoms with Crippen LogP contribution < -0.4 is 5.32 Å². The molecule has 1 N–H and O–H groups in total. The van der Waals surface area contributed by atoms with Gasteiger partial charge in [-0.05, 0) is 12.0 Å². The Bertz CT molecular complexity index is 379. The molecular weight excluding hydrogens is 326 g/mol. The molecule has 0 heterocycles. The zero-order valence-corrected chi connectivity index (χ0v) is 17.2. The van der Waals surface area contributed by atoms with Crippen LogP contribution in [0.3, 0.4) is 0 Å². The minimum atomic E-state index is 0.105. The SMILES string of the molecule is CCCCCCCCCCCCCCCC(Cl)NCc1ccccc1. The highest BCUT2D eigenvalue weighted by Crippen LogP contribution is 2.14. The third-order valence-corrected chi connectivity index (χ3v) is 5.30. The van der Waals surface area contributed by atoms with Gasteiger partial charge in [0.15, 0.2) is 0 Å². The fraction of sp³-hybridized carbons (Fsp3) is 0.739. The second kappa shape index (κ2) is 16.9. The van der Waals surface area contributed by atoms with E-state index in [0.717, 1.165) is 13.0 Å². The Labute approximate surface area is 161 Å². The van der Waals surface area contributed by atoms with Gasteiger partial charge in [-0.1, -0.05) is 121 Å². The number of hydrogen-bond acceptors (Lipinski definition) is 1. The Morgan fingerprint density at radius 2 is 1.20 bits per heavy atom. The van der Waals surface area contributed by atoms with Crippen LogP contribution in [-0.2, 0) is 6.54 Å². The third kappa shape index (κ3) is 14.3. The van der Waals surface area contributed by atoms with Crippen molar-refractivity contribution in [2.24, 2.45) is 0 Å². The molecule has 0 aliphatic heterocycles. The molecule has 25 heavy (non-hydrogen) atoms. The van der Waals surface area contributed by atoms with Gasteiger partial charge in [0, 0.05) is 6.54 Å². The summed E-state index contributed by atoms with van der Waals surface area (Å²) in [6, 6.07) is 10.5. The van der Waals surface area contributed by atoms with Crippen LogP contribution in [0.1, 0.15) is 102 Å². The summed E-state index contributed by atoms with van der Waals surface area (Å²) >= 11 is 6.36. The number of alkyl halides is 1. The minimum absolute atomic E-state index is 0.105. The van der Waals surface area contributed by atoms with Crippen LogP contribution in [-0.4, -0.2) is 5.50 Å². The van der Waals surface area contributed by atoms with Crippen LogP contribution in [0.25, 0.3) is 0 Å². The van der Waals surface area contributed by atoms with Crippen LogP contribution in [0.15, 0.2) is 30.3 Å². The number of nitrogens with one attached hydrogen (secondary N) is 1. The summed E-state index contributed by atoms with van der Waals surface area (Å²) < 4.78 is 0. The summed E-state index contributed by atoms with van der Waals surface area (Å²) in [4.78, 5) is 0. The maximum absolute atomic E-state index is 6.36. The Kier molecular flexibility index (Phi) is 15.2. The number of rotatable bonds is 17. The maximum atomic E-state index is 6.36. The Hall–Kier alpha value is -0.530.